The molecule has 3 N–H and O–H groups in total. The standard InChI is InChI=1S/C20H32N4O3/c1-21-19(24-14-20(7-10-25)8-11-26-15-20)23-13-16-6-9-22-18(12-16)27-17-4-2-3-5-17/h6,9,12,17,25H,2-5,7-8,10-11,13-15H2,1H3,(H2,21,23,24). The molecule has 2 fully saturated rings. The van der Waals surface area contributed by atoms with E-state index in [-0.39, 0.29) is 12.0 Å². The van der Waals surface area contributed by atoms with Gasteiger partial charge in [0.25, 0.3) is 0 Å². The fourth-order valence-electron chi connectivity index (χ4n) is 3.79. The van der Waals surface area contributed by atoms with Gasteiger partial charge < -0.3 is 25.2 Å². The zero-order valence-corrected chi connectivity index (χ0v) is 16.2. The molecule has 150 valence electrons. The van der Waals surface area contributed by atoms with Crippen molar-refractivity contribution < 1.29 is 14.6 Å². The van der Waals surface area contributed by atoms with E-state index in [1.54, 1.807) is 13.2 Å². The number of aliphatic hydroxyl groups excluding tert-OH is 1. The molecule has 2 aliphatic rings. The highest BCUT2D eigenvalue weighted by Gasteiger charge is 2.34. The second kappa shape index (κ2) is 9.90. The molecule has 1 aliphatic heterocycles. The van der Waals surface area contributed by atoms with Crippen molar-refractivity contribution in [2.75, 3.05) is 33.4 Å². The number of guanidine groups is 1. The molecule has 2 heterocycles. The Morgan fingerprint density at radius 2 is 2.26 bits per heavy atom. The van der Waals surface area contributed by atoms with Crippen molar-refractivity contribution in [1.29, 1.82) is 0 Å². The monoisotopic (exact) mass is 376 g/mol. The maximum absolute atomic E-state index is 9.35. The Morgan fingerprint density at radius 1 is 1.41 bits per heavy atom. The Bertz CT molecular complexity index is 611. The molecule has 0 aromatic carbocycles. The molecule has 0 bridgehead atoms. The summed E-state index contributed by atoms with van der Waals surface area (Å²) in [6, 6.07) is 3.98. The van der Waals surface area contributed by atoms with Gasteiger partial charge in [0.1, 0.15) is 6.10 Å². The van der Waals surface area contributed by atoms with Crippen LogP contribution in [0.5, 0.6) is 5.88 Å². The number of nitrogens with one attached hydrogen (secondary N) is 2. The fraction of sp³-hybridized carbons (Fsp3) is 0.700. The minimum atomic E-state index is -0.00860. The van der Waals surface area contributed by atoms with E-state index in [1.165, 1.54) is 12.8 Å². The largest absolute Gasteiger partial charge is 0.474 e. The molecule has 1 unspecified atom stereocenters. The number of hydrogen-bond donors (Lipinski definition) is 3. The molecule has 1 aliphatic carbocycles. The van der Waals surface area contributed by atoms with Gasteiger partial charge in [-0.25, -0.2) is 4.98 Å². The van der Waals surface area contributed by atoms with Crippen molar-refractivity contribution in [3.63, 3.8) is 0 Å². The topological polar surface area (TPSA) is 88.0 Å². The average Bonchev–Trinajstić information content (AvgIpc) is 3.35. The molecule has 1 aromatic rings. The first-order valence-electron chi connectivity index (χ1n) is 9.98. The third-order valence-corrected chi connectivity index (χ3v) is 5.53. The van der Waals surface area contributed by atoms with Crippen LogP contribution in [0.2, 0.25) is 0 Å². The molecule has 7 nitrogen and oxygen atoms in total. The molecular formula is C20H32N4O3. The summed E-state index contributed by atoms with van der Waals surface area (Å²) in [5, 5.41) is 16.1. The van der Waals surface area contributed by atoms with Crippen LogP contribution in [-0.4, -0.2) is 55.6 Å². The number of hydrogen-bond acceptors (Lipinski definition) is 5. The lowest BCUT2D eigenvalue weighted by Crippen LogP contribution is -2.44. The molecule has 1 aromatic heterocycles. The molecule has 0 radical (unpaired) electrons. The number of ether oxygens (including phenoxy) is 2. The lowest BCUT2D eigenvalue weighted by Gasteiger charge is -2.27. The highest BCUT2D eigenvalue weighted by molar-refractivity contribution is 5.79. The van der Waals surface area contributed by atoms with Crippen LogP contribution in [0.3, 0.4) is 0 Å². The number of rotatable bonds is 8. The number of aromatic nitrogens is 1. The van der Waals surface area contributed by atoms with Crippen molar-refractivity contribution in [2.45, 2.75) is 51.2 Å². The number of aliphatic hydroxyl groups is 1. The second-order valence-electron chi connectivity index (χ2n) is 7.58. The molecule has 3 rings (SSSR count). The summed E-state index contributed by atoms with van der Waals surface area (Å²) in [4.78, 5) is 8.64. The Balaban J connectivity index is 1.49. The molecule has 1 atom stereocenters. The van der Waals surface area contributed by atoms with Crippen LogP contribution in [0.4, 0.5) is 0 Å². The number of pyridine rings is 1. The maximum atomic E-state index is 9.35. The lowest BCUT2D eigenvalue weighted by molar-refractivity contribution is 0.127. The van der Waals surface area contributed by atoms with Crippen molar-refractivity contribution in [1.82, 2.24) is 15.6 Å². The van der Waals surface area contributed by atoms with Crippen LogP contribution >= 0.6 is 0 Å². The SMILES string of the molecule is CN=C(NCc1ccnc(OC2CCCC2)c1)NCC1(CCO)CCOC1. The highest BCUT2D eigenvalue weighted by Crippen LogP contribution is 2.31. The van der Waals surface area contributed by atoms with Gasteiger partial charge in [-0.2, -0.15) is 0 Å². The van der Waals surface area contributed by atoms with Gasteiger partial charge in [0, 0.05) is 51.0 Å². The molecule has 7 heteroatoms. The van der Waals surface area contributed by atoms with E-state index >= 15 is 0 Å². The Kier molecular flexibility index (Phi) is 7.29. The molecule has 1 saturated heterocycles. The van der Waals surface area contributed by atoms with Gasteiger partial charge in [0.15, 0.2) is 5.96 Å². The van der Waals surface area contributed by atoms with E-state index in [4.69, 9.17) is 9.47 Å². The zero-order valence-electron chi connectivity index (χ0n) is 16.2. The first-order valence-corrected chi connectivity index (χ1v) is 9.98. The lowest BCUT2D eigenvalue weighted by atomic mass is 9.84. The van der Waals surface area contributed by atoms with Crippen LogP contribution in [0.1, 0.15) is 44.1 Å². The van der Waals surface area contributed by atoms with Crippen LogP contribution in [0.15, 0.2) is 23.3 Å². The van der Waals surface area contributed by atoms with Crippen molar-refractivity contribution in [3.05, 3.63) is 23.9 Å². The van der Waals surface area contributed by atoms with E-state index in [0.717, 1.165) is 50.4 Å². The third-order valence-electron chi connectivity index (χ3n) is 5.53. The minimum Gasteiger partial charge on any atom is -0.474 e. The van der Waals surface area contributed by atoms with E-state index in [2.05, 4.69) is 20.6 Å². The van der Waals surface area contributed by atoms with Crippen LogP contribution in [0.25, 0.3) is 0 Å². The smallest absolute Gasteiger partial charge is 0.213 e. The van der Waals surface area contributed by atoms with E-state index < -0.39 is 0 Å². The Morgan fingerprint density at radius 3 is 2.96 bits per heavy atom. The minimum absolute atomic E-state index is 0.00860. The van der Waals surface area contributed by atoms with Gasteiger partial charge in [-0.15, -0.1) is 0 Å². The van der Waals surface area contributed by atoms with Crippen molar-refractivity contribution in [2.24, 2.45) is 10.4 Å². The summed E-state index contributed by atoms with van der Waals surface area (Å²) < 4.78 is 11.5. The van der Waals surface area contributed by atoms with Gasteiger partial charge >= 0.3 is 0 Å². The van der Waals surface area contributed by atoms with Gasteiger partial charge in [-0.1, -0.05) is 0 Å². The first kappa shape index (κ1) is 19.9. The molecular weight excluding hydrogens is 344 g/mol. The van der Waals surface area contributed by atoms with Gasteiger partial charge in [0.2, 0.25) is 5.88 Å². The second-order valence-corrected chi connectivity index (χ2v) is 7.58. The quantitative estimate of drug-likeness (QED) is 0.474. The summed E-state index contributed by atoms with van der Waals surface area (Å²) in [5.74, 6) is 1.45. The summed E-state index contributed by atoms with van der Waals surface area (Å²) in [6.07, 6.45) is 8.55. The highest BCUT2D eigenvalue weighted by atomic mass is 16.5. The normalized spacial score (nSPS) is 23.6. The molecule has 0 amide bonds. The Hall–Kier alpha value is -1.86. The number of nitrogens with zero attached hydrogens (tertiary/aromatic N) is 2. The third kappa shape index (κ3) is 5.81. The Labute approximate surface area is 161 Å². The van der Waals surface area contributed by atoms with Gasteiger partial charge in [-0.3, -0.25) is 4.99 Å². The molecule has 1 saturated carbocycles. The summed E-state index contributed by atoms with van der Waals surface area (Å²) in [5.41, 5.74) is 1.10. The van der Waals surface area contributed by atoms with Crippen molar-refractivity contribution >= 4 is 5.96 Å². The van der Waals surface area contributed by atoms with Crippen molar-refractivity contribution in [3.8, 4) is 5.88 Å². The first-order chi connectivity index (χ1) is 13.2. The predicted octanol–water partition coefficient (Wildman–Crippen LogP) is 1.86. The van der Waals surface area contributed by atoms with Gasteiger partial charge in [-0.05, 0) is 50.2 Å². The molecule has 0 spiro atoms. The van der Waals surface area contributed by atoms with E-state index in [9.17, 15) is 5.11 Å². The average molecular weight is 377 g/mol. The summed E-state index contributed by atoms with van der Waals surface area (Å²) in [7, 11) is 1.76. The van der Waals surface area contributed by atoms with E-state index in [1.807, 2.05) is 12.1 Å². The van der Waals surface area contributed by atoms with Crippen LogP contribution in [-0.2, 0) is 11.3 Å². The maximum Gasteiger partial charge on any atom is 0.213 e. The van der Waals surface area contributed by atoms with E-state index in [0.29, 0.717) is 25.1 Å². The summed E-state index contributed by atoms with van der Waals surface area (Å²) in [6.45, 7) is 3.00. The molecule has 27 heavy (non-hydrogen) atoms. The fourth-order valence-corrected chi connectivity index (χ4v) is 3.79. The predicted molar refractivity (Wildman–Crippen MR) is 105 cm³/mol. The van der Waals surface area contributed by atoms with Gasteiger partial charge in [0.05, 0.1) is 6.61 Å². The summed E-state index contributed by atoms with van der Waals surface area (Å²) >= 11 is 0. The number of aliphatic imine (C=N–C) groups is 1. The zero-order chi connectivity index (χ0) is 19.0. The van der Waals surface area contributed by atoms with Crippen LogP contribution < -0.4 is 15.4 Å². The van der Waals surface area contributed by atoms with Crippen LogP contribution in [0, 0.1) is 5.41 Å².